The molecule has 0 aliphatic rings. The van der Waals surface area contributed by atoms with Crippen molar-refractivity contribution >= 4 is 11.3 Å². The van der Waals surface area contributed by atoms with Crippen LogP contribution in [0, 0.1) is 5.41 Å². The molecule has 2 heteroatoms. The van der Waals surface area contributed by atoms with Gasteiger partial charge in [-0.3, -0.25) is 0 Å². The SMILES string of the molecule is CCCCC(CC)(CCc1cccs1)CNC. The molecule has 1 aromatic rings. The van der Waals surface area contributed by atoms with E-state index in [-0.39, 0.29) is 0 Å². The summed E-state index contributed by atoms with van der Waals surface area (Å²) in [6, 6.07) is 4.43. The van der Waals surface area contributed by atoms with E-state index >= 15 is 0 Å². The van der Waals surface area contributed by atoms with Crippen molar-refractivity contribution in [1.29, 1.82) is 0 Å². The van der Waals surface area contributed by atoms with Crippen LogP contribution in [0.3, 0.4) is 0 Å². The monoisotopic (exact) mass is 253 g/mol. The summed E-state index contributed by atoms with van der Waals surface area (Å²) in [6.45, 7) is 5.80. The highest BCUT2D eigenvalue weighted by molar-refractivity contribution is 7.09. The van der Waals surface area contributed by atoms with Crippen molar-refractivity contribution < 1.29 is 0 Å². The molecule has 0 aliphatic carbocycles. The summed E-state index contributed by atoms with van der Waals surface area (Å²) in [5.41, 5.74) is 0.509. The van der Waals surface area contributed by atoms with Gasteiger partial charge in [-0.05, 0) is 49.6 Å². The van der Waals surface area contributed by atoms with Crippen LogP contribution in [-0.2, 0) is 6.42 Å². The molecule has 1 rings (SSSR count). The second kappa shape index (κ2) is 7.88. The quantitative estimate of drug-likeness (QED) is 0.684. The zero-order valence-electron chi connectivity index (χ0n) is 11.6. The van der Waals surface area contributed by atoms with Gasteiger partial charge in [0.05, 0.1) is 0 Å². The summed E-state index contributed by atoms with van der Waals surface area (Å²) in [5.74, 6) is 0. The third kappa shape index (κ3) is 4.81. The first-order chi connectivity index (χ1) is 8.26. The predicted molar refractivity (Wildman–Crippen MR) is 78.8 cm³/mol. The smallest absolute Gasteiger partial charge is 0.00454 e. The van der Waals surface area contributed by atoms with Gasteiger partial charge in [0.15, 0.2) is 0 Å². The molecule has 98 valence electrons. The minimum atomic E-state index is 0.509. The van der Waals surface area contributed by atoms with Crippen molar-refractivity contribution in [2.45, 2.75) is 52.4 Å². The molecule has 1 heterocycles. The fraction of sp³-hybridized carbons (Fsp3) is 0.733. The third-order valence-corrected chi connectivity index (χ3v) is 4.78. The number of hydrogen-bond acceptors (Lipinski definition) is 2. The molecule has 0 aliphatic heterocycles. The summed E-state index contributed by atoms with van der Waals surface area (Å²) in [5, 5.41) is 5.59. The van der Waals surface area contributed by atoms with Crippen molar-refractivity contribution in [3.05, 3.63) is 22.4 Å². The fourth-order valence-corrected chi connectivity index (χ4v) is 3.26. The van der Waals surface area contributed by atoms with Gasteiger partial charge in [-0.25, -0.2) is 0 Å². The number of nitrogens with one attached hydrogen (secondary N) is 1. The third-order valence-electron chi connectivity index (χ3n) is 3.84. The Morgan fingerprint density at radius 3 is 2.65 bits per heavy atom. The Morgan fingerprint density at radius 1 is 1.29 bits per heavy atom. The predicted octanol–water partition coefficient (Wildman–Crippen LogP) is 4.49. The highest BCUT2D eigenvalue weighted by Crippen LogP contribution is 2.34. The van der Waals surface area contributed by atoms with Gasteiger partial charge in [0, 0.05) is 11.4 Å². The molecule has 0 radical (unpaired) electrons. The molecule has 0 amide bonds. The molecule has 0 bridgehead atoms. The van der Waals surface area contributed by atoms with E-state index in [9.17, 15) is 0 Å². The highest BCUT2D eigenvalue weighted by atomic mass is 32.1. The Morgan fingerprint density at radius 2 is 2.12 bits per heavy atom. The Balaban J connectivity index is 2.54. The van der Waals surface area contributed by atoms with Crippen molar-refractivity contribution in [2.75, 3.05) is 13.6 Å². The first-order valence-electron chi connectivity index (χ1n) is 6.93. The average molecular weight is 253 g/mol. The lowest BCUT2D eigenvalue weighted by Crippen LogP contribution is -2.32. The van der Waals surface area contributed by atoms with Gasteiger partial charge >= 0.3 is 0 Å². The zero-order chi connectivity index (χ0) is 12.6. The van der Waals surface area contributed by atoms with Crippen LogP contribution in [0.2, 0.25) is 0 Å². The Kier molecular flexibility index (Phi) is 6.83. The van der Waals surface area contributed by atoms with E-state index in [2.05, 4.69) is 43.7 Å². The summed E-state index contributed by atoms with van der Waals surface area (Å²) < 4.78 is 0. The van der Waals surface area contributed by atoms with Gasteiger partial charge in [-0.15, -0.1) is 11.3 Å². The van der Waals surface area contributed by atoms with Gasteiger partial charge in [-0.1, -0.05) is 32.8 Å². The van der Waals surface area contributed by atoms with Crippen molar-refractivity contribution in [1.82, 2.24) is 5.32 Å². The maximum atomic E-state index is 3.40. The molecular weight excluding hydrogens is 226 g/mol. The van der Waals surface area contributed by atoms with Crippen LogP contribution in [0.25, 0.3) is 0 Å². The lowest BCUT2D eigenvalue weighted by atomic mass is 9.76. The molecular formula is C15H27NS. The van der Waals surface area contributed by atoms with Crippen LogP contribution in [0.5, 0.6) is 0 Å². The van der Waals surface area contributed by atoms with Gasteiger partial charge in [0.25, 0.3) is 0 Å². The molecule has 0 aromatic carbocycles. The number of unbranched alkanes of at least 4 members (excludes halogenated alkanes) is 1. The van der Waals surface area contributed by atoms with Crippen molar-refractivity contribution in [3.8, 4) is 0 Å². The minimum Gasteiger partial charge on any atom is -0.319 e. The maximum Gasteiger partial charge on any atom is 0.00454 e. The number of thiophene rings is 1. The second-order valence-electron chi connectivity index (χ2n) is 5.07. The molecule has 1 nitrogen and oxygen atoms in total. The van der Waals surface area contributed by atoms with Crippen LogP contribution in [-0.4, -0.2) is 13.6 Å². The van der Waals surface area contributed by atoms with Gasteiger partial charge in [-0.2, -0.15) is 0 Å². The average Bonchev–Trinajstić information content (AvgIpc) is 2.86. The summed E-state index contributed by atoms with van der Waals surface area (Å²) in [7, 11) is 2.08. The molecule has 0 spiro atoms. The van der Waals surface area contributed by atoms with E-state index in [0.717, 1.165) is 6.54 Å². The molecule has 1 aromatic heterocycles. The zero-order valence-corrected chi connectivity index (χ0v) is 12.4. The summed E-state index contributed by atoms with van der Waals surface area (Å²) >= 11 is 1.90. The second-order valence-corrected chi connectivity index (χ2v) is 6.10. The van der Waals surface area contributed by atoms with E-state index in [4.69, 9.17) is 0 Å². The first-order valence-corrected chi connectivity index (χ1v) is 7.81. The van der Waals surface area contributed by atoms with Crippen molar-refractivity contribution in [3.63, 3.8) is 0 Å². The summed E-state index contributed by atoms with van der Waals surface area (Å²) in [6.07, 6.45) is 7.90. The summed E-state index contributed by atoms with van der Waals surface area (Å²) in [4.78, 5) is 1.54. The van der Waals surface area contributed by atoms with E-state index < -0.39 is 0 Å². The van der Waals surface area contributed by atoms with Crippen LogP contribution < -0.4 is 5.32 Å². The number of rotatable bonds is 9. The Bertz CT molecular complexity index is 281. The lowest BCUT2D eigenvalue weighted by Gasteiger charge is -2.33. The van der Waals surface area contributed by atoms with E-state index in [1.165, 1.54) is 43.4 Å². The van der Waals surface area contributed by atoms with E-state index in [0.29, 0.717) is 5.41 Å². The largest absolute Gasteiger partial charge is 0.319 e. The van der Waals surface area contributed by atoms with Gasteiger partial charge in [0.1, 0.15) is 0 Å². The fourth-order valence-electron chi connectivity index (χ4n) is 2.55. The highest BCUT2D eigenvalue weighted by Gasteiger charge is 2.26. The molecule has 0 saturated carbocycles. The molecule has 1 unspecified atom stereocenters. The topological polar surface area (TPSA) is 12.0 Å². The van der Waals surface area contributed by atoms with Crippen LogP contribution in [0.1, 0.15) is 50.8 Å². The maximum absolute atomic E-state index is 3.40. The van der Waals surface area contributed by atoms with E-state index in [1.54, 1.807) is 0 Å². The Labute approximate surface area is 111 Å². The normalized spacial score (nSPS) is 14.8. The standard InChI is InChI=1S/C15H27NS/c1-4-6-10-15(5-2,13-16-3)11-9-14-8-7-12-17-14/h7-8,12,16H,4-6,9-11,13H2,1-3H3. The molecule has 1 N–H and O–H groups in total. The Hall–Kier alpha value is -0.340. The molecule has 17 heavy (non-hydrogen) atoms. The molecule has 0 fully saturated rings. The van der Waals surface area contributed by atoms with Crippen LogP contribution in [0.15, 0.2) is 17.5 Å². The first kappa shape index (κ1) is 14.7. The molecule has 0 saturated heterocycles. The van der Waals surface area contributed by atoms with Crippen LogP contribution in [0.4, 0.5) is 0 Å². The minimum absolute atomic E-state index is 0.509. The van der Waals surface area contributed by atoms with Gasteiger partial charge in [0.2, 0.25) is 0 Å². The molecule has 1 atom stereocenters. The van der Waals surface area contributed by atoms with E-state index in [1.807, 2.05) is 11.3 Å². The van der Waals surface area contributed by atoms with Crippen LogP contribution >= 0.6 is 11.3 Å². The number of hydrogen-bond donors (Lipinski definition) is 1. The van der Waals surface area contributed by atoms with Crippen molar-refractivity contribution in [2.24, 2.45) is 5.41 Å². The lowest BCUT2D eigenvalue weighted by molar-refractivity contribution is 0.218. The van der Waals surface area contributed by atoms with Gasteiger partial charge < -0.3 is 5.32 Å². The number of aryl methyl sites for hydroxylation is 1.